The van der Waals surface area contributed by atoms with Crippen molar-refractivity contribution >= 4 is 11.6 Å². The fraction of sp³-hybridized carbons (Fsp3) is 0.364. The molecule has 4 rings (SSSR count). The first kappa shape index (κ1) is 18.9. The predicted molar refractivity (Wildman–Crippen MR) is 110 cm³/mol. The van der Waals surface area contributed by atoms with Crippen LogP contribution >= 0.6 is 0 Å². The fourth-order valence-corrected chi connectivity index (χ4v) is 4.03. The van der Waals surface area contributed by atoms with Crippen molar-refractivity contribution in [3.05, 3.63) is 57.5 Å². The minimum atomic E-state index is -0.384. The Morgan fingerprint density at radius 2 is 1.90 bits per heavy atom. The zero-order chi connectivity index (χ0) is 20.5. The average molecular weight is 389 g/mol. The fourth-order valence-electron chi connectivity index (χ4n) is 4.03. The molecule has 1 N–H and O–H groups in total. The van der Waals surface area contributed by atoms with Crippen molar-refractivity contribution in [3.63, 3.8) is 0 Å². The summed E-state index contributed by atoms with van der Waals surface area (Å²) in [6.45, 7) is 0. The Morgan fingerprint density at radius 3 is 2.52 bits per heavy atom. The monoisotopic (exact) mass is 389 g/mol. The molecule has 1 fully saturated rings. The minimum absolute atomic E-state index is 0.0619. The third-order valence-corrected chi connectivity index (χ3v) is 5.63. The summed E-state index contributed by atoms with van der Waals surface area (Å²) >= 11 is 0. The van der Waals surface area contributed by atoms with E-state index in [1.54, 1.807) is 14.1 Å². The molecular formula is C22H23N5O2. The van der Waals surface area contributed by atoms with Crippen LogP contribution in [0.4, 0.5) is 0 Å². The molecule has 2 aromatic heterocycles. The number of aromatic nitrogens is 3. The number of carbonyl (C=O) groups excluding carboxylic acids is 1. The van der Waals surface area contributed by atoms with Crippen LogP contribution in [0.1, 0.15) is 59.6 Å². The first-order valence-electron chi connectivity index (χ1n) is 9.87. The quantitative estimate of drug-likeness (QED) is 0.743. The van der Waals surface area contributed by atoms with Crippen LogP contribution in [0.15, 0.2) is 35.1 Å². The Bertz CT molecular complexity index is 1160. The molecule has 0 bridgehead atoms. The molecule has 1 aromatic carbocycles. The number of H-pyrrole nitrogens is 1. The average Bonchev–Trinajstić information content (AvgIpc) is 3.13. The van der Waals surface area contributed by atoms with Crippen molar-refractivity contribution in [2.45, 2.75) is 38.0 Å². The van der Waals surface area contributed by atoms with E-state index in [1.165, 1.54) is 48.6 Å². The summed E-state index contributed by atoms with van der Waals surface area (Å²) in [7, 11) is 3.18. The zero-order valence-corrected chi connectivity index (χ0v) is 16.6. The second-order valence-corrected chi connectivity index (χ2v) is 7.77. The van der Waals surface area contributed by atoms with Crippen LogP contribution < -0.4 is 5.56 Å². The summed E-state index contributed by atoms with van der Waals surface area (Å²) in [5.74, 6) is 0.221. The molecule has 2 heterocycles. The lowest BCUT2D eigenvalue weighted by Gasteiger charge is -2.22. The minimum Gasteiger partial charge on any atom is -0.343 e. The third-order valence-electron chi connectivity index (χ3n) is 5.63. The van der Waals surface area contributed by atoms with Gasteiger partial charge in [0.05, 0.1) is 5.69 Å². The number of nitriles is 1. The number of aromatic amines is 1. The van der Waals surface area contributed by atoms with E-state index in [0.29, 0.717) is 11.6 Å². The van der Waals surface area contributed by atoms with Gasteiger partial charge in [0.15, 0.2) is 5.65 Å². The van der Waals surface area contributed by atoms with Gasteiger partial charge in [-0.2, -0.15) is 9.78 Å². The van der Waals surface area contributed by atoms with Gasteiger partial charge in [0.25, 0.3) is 11.5 Å². The maximum absolute atomic E-state index is 12.6. The number of nitrogens with one attached hydrogen (secondary N) is 1. The third kappa shape index (κ3) is 3.42. The highest BCUT2D eigenvalue weighted by Crippen LogP contribution is 2.33. The lowest BCUT2D eigenvalue weighted by molar-refractivity contribution is 0.0821. The number of benzene rings is 1. The SMILES string of the molecule is CN(C)C(=O)c1[nH]n2c(=O)cc(-c3ccc(C4CCCCC4)cc3)nc2c1C#N. The Morgan fingerprint density at radius 1 is 1.21 bits per heavy atom. The molecule has 1 amide bonds. The Hall–Kier alpha value is -3.40. The second kappa shape index (κ2) is 7.55. The van der Waals surface area contributed by atoms with Crippen LogP contribution in [-0.4, -0.2) is 39.5 Å². The Balaban J connectivity index is 1.76. The van der Waals surface area contributed by atoms with Gasteiger partial charge in [-0.25, -0.2) is 4.98 Å². The number of fused-ring (bicyclic) bond motifs is 1. The van der Waals surface area contributed by atoms with Gasteiger partial charge in [-0.15, -0.1) is 0 Å². The Kier molecular flexibility index (Phi) is 4.93. The number of amides is 1. The summed E-state index contributed by atoms with van der Waals surface area (Å²) in [6, 6.07) is 11.6. The van der Waals surface area contributed by atoms with E-state index in [9.17, 15) is 14.9 Å². The van der Waals surface area contributed by atoms with E-state index in [2.05, 4.69) is 22.2 Å². The first-order valence-corrected chi connectivity index (χ1v) is 9.87. The Labute approximate surface area is 168 Å². The molecule has 1 saturated carbocycles. The van der Waals surface area contributed by atoms with E-state index < -0.39 is 0 Å². The normalized spacial score (nSPS) is 14.7. The maximum atomic E-state index is 12.6. The molecule has 0 atom stereocenters. The van der Waals surface area contributed by atoms with Gasteiger partial charge < -0.3 is 4.90 Å². The number of carbonyl (C=O) groups is 1. The molecule has 7 nitrogen and oxygen atoms in total. The van der Waals surface area contributed by atoms with Gasteiger partial charge in [-0.3, -0.25) is 14.7 Å². The van der Waals surface area contributed by atoms with Crippen molar-refractivity contribution in [1.82, 2.24) is 19.5 Å². The first-order chi connectivity index (χ1) is 14.0. The van der Waals surface area contributed by atoms with Crippen molar-refractivity contribution in [2.24, 2.45) is 0 Å². The van der Waals surface area contributed by atoms with Crippen LogP contribution in [0.2, 0.25) is 0 Å². The number of rotatable bonds is 3. The molecule has 0 radical (unpaired) electrons. The summed E-state index contributed by atoms with van der Waals surface area (Å²) in [5, 5.41) is 12.3. The lowest BCUT2D eigenvalue weighted by Crippen LogP contribution is -2.23. The van der Waals surface area contributed by atoms with Crippen molar-refractivity contribution in [2.75, 3.05) is 14.1 Å². The molecule has 0 aliphatic heterocycles. The number of nitrogens with zero attached hydrogens (tertiary/aromatic N) is 4. The van der Waals surface area contributed by atoms with Crippen LogP contribution in [0.25, 0.3) is 16.9 Å². The highest BCUT2D eigenvalue weighted by Gasteiger charge is 2.22. The number of hydrogen-bond acceptors (Lipinski definition) is 4. The van der Waals surface area contributed by atoms with E-state index in [-0.39, 0.29) is 28.4 Å². The zero-order valence-electron chi connectivity index (χ0n) is 16.6. The van der Waals surface area contributed by atoms with Gasteiger partial charge in [0, 0.05) is 25.7 Å². The van der Waals surface area contributed by atoms with Gasteiger partial charge in [-0.05, 0) is 24.3 Å². The van der Waals surface area contributed by atoms with Gasteiger partial charge in [0.1, 0.15) is 17.3 Å². The molecular weight excluding hydrogens is 366 g/mol. The van der Waals surface area contributed by atoms with E-state index in [1.807, 2.05) is 18.2 Å². The molecule has 3 aromatic rings. The van der Waals surface area contributed by atoms with Gasteiger partial charge in [-0.1, -0.05) is 43.5 Å². The summed E-state index contributed by atoms with van der Waals surface area (Å²) in [5.41, 5.74) is 2.56. The molecule has 1 aliphatic rings. The standard InChI is InChI=1S/C22H23N5O2/c1-26(2)22(29)20-17(13-23)21-24-18(12-19(28)27(21)25-20)16-10-8-15(9-11-16)14-6-4-3-5-7-14/h8-12,14,25H,3-7H2,1-2H3. The van der Waals surface area contributed by atoms with Crippen molar-refractivity contribution in [3.8, 4) is 17.3 Å². The highest BCUT2D eigenvalue weighted by atomic mass is 16.2. The van der Waals surface area contributed by atoms with E-state index in [0.717, 1.165) is 10.1 Å². The summed E-state index contributed by atoms with van der Waals surface area (Å²) in [6.07, 6.45) is 6.32. The molecule has 7 heteroatoms. The smallest absolute Gasteiger partial charge is 0.273 e. The summed E-state index contributed by atoms with van der Waals surface area (Å²) < 4.78 is 1.15. The molecule has 29 heavy (non-hydrogen) atoms. The van der Waals surface area contributed by atoms with E-state index >= 15 is 0 Å². The largest absolute Gasteiger partial charge is 0.343 e. The molecule has 1 aliphatic carbocycles. The lowest BCUT2D eigenvalue weighted by atomic mass is 9.84. The molecule has 0 saturated heterocycles. The van der Waals surface area contributed by atoms with Crippen LogP contribution in [0, 0.1) is 11.3 Å². The number of hydrogen-bond donors (Lipinski definition) is 1. The van der Waals surface area contributed by atoms with Crippen molar-refractivity contribution in [1.29, 1.82) is 5.26 Å². The predicted octanol–water partition coefficient (Wildman–Crippen LogP) is 3.31. The van der Waals surface area contributed by atoms with Crippen LogP contribution in [0.3, 0.4) is 0 Å². The second-order valence-electron chi connectivity index (χ2n) is 7.77. The highest BCUT2D eigenvalue weighted by molar-refractivity contribution is 5.96. The van der Waals surface area contributed by atoms with Crippen LogP contribution in [0.5, 0.6) is 0 Å². The maximum Gasteiger partial charge on any atom is 0.273 e. The molecule has 0 spiro atoms. The van der Waals surface area contributed by atoms with Gasteiger partial charge in [0.2, 0.25) is 0 Å². The molecule has 148 valence electrons. The topological polar surface area (TPSA) is 94.3 Å². The molecule has 0 unspecified atom stereocenters. The van der Waals surface area contributed by atoms with Crippen LogP contribution in [-0.2, 0) is 0 Å². The van der Waals surface area contributed by atoms with Crippen molar-refractivity contribution < 1.29 is 4.79 Å². The van der Waals surface area contributed by atoms with E-state index in [4.69, 9.17) is 0 Å². The van der Waals surface area contributed by atoms with Gasteiger partial charge >= 0.3 is 0 Å². The summed E-state index contributed by atoms with van der Waals surface area (Å²) in [4.78, 5) is 30.8.